The van der Waals surface area contributed by atoms with Crippen molar-refractivity contribution < 1.29 is 14.7 Å². The Morgan fingerprint density at radius 1 is 1.32 bits per heavy atom. The molecule has 1 heterocycles. The molecule has 1 amide bonds. The van der Waals surface area contributed by atoms with Crippen molar-refractivity contribution in [1.29, 1.82) is 0 Å². The van der Waals surface area contributed by atoms with E-state index in [0.29, 0.717) is 13.0 Å². The molecule has 0 aromatic heterocycles. The van der Waals surface area contributed by atoms with Gasteiger partial charge in [0.1, 0.15) is 5.54 Å². The van der Waals surface area contributed by atoms with E-state index < -0.39 is 11.5 Å². The lowest BCUT2D eigenvalue weighted by Gasteiger charge is -2.30. The molecular formula is C15H17NO3. The fourth-order valence-electron chi connectivity index (χ4n) is 2.36. The summed E-state index contributed by atoms with van der Waals surface area (Å²) in [5, 5.41) is 9.26. The number of nitrogens with zero attached hydrogens (tertiary/aromatic N) is 1. The van der Waals surface area contributed by atoms with Crippen molar-refractivity contribution in [2.75, 3.05) is 6.54 Å². The Balaban J connectivity index is 2.12. The molecule has 100 valence electrons. The van der Waals surface area contributed by atoms with Gasteiger partial charge in [-0.15, -0.1) is 0 Å². The minimum atomic E-state index is -1.07. The molecule has 1 saturated heterocycles. The lowest BCUT2D eigenvalue weighted by atomic mass is 9.99. The number of carboxylic acid groups (broad SMARTS) is 1. The summed E-state index contributed by atoms with van der Waals surface area (Å²) >= 11 is 0. The highest BCUT2D eigenvalue weighted by Gasteiger charge is 2.45. The number of carbonyl (C=O) groups is 2. The monoisotopic (exact) mass is 259 g/mol. The van der Waals surface area contributed by atoms with Crippen LogP contribution in [-0.2, 0) is 9.59 Å². The van der Waals surface area contributed by atoms with E-state index in [-0.39, 0.29) is 5.91 Å². The summed E-state index contributed by atoms with van der Waals surface area (Å²) < 4.78 is 0. The Kier molecular flexibility index (Phi) is 3.69. The number of carboxylic acids is 1. The molecule has 0 spiro atoms. The van der Waals surface area contributed by atoms with Gasteiger partial charge in [-0.3, -0.25) is 4.79 Å². The Hall–Kier alpha value is -2.10. The van der Waals surface area contributed by atoms with E-state index in [2.05, 4.69) is 0 Å². The van der Waals surface area contributed by atoms with Crippen molar-refractivity contribution in [3.05, 3.63) is 42.0 Å². The highest BCUT2D eigenvalue weighted by Crippen LogP contribution is 2.29. The van der Waals surface area contributed by atoms with Crippen LogP contribution in [0.25, 0.3) is 6.08 Å². The van der Waals surface area contributed by atoms with Crippen LogP contribution in [0.4, 0.5) is 0 Å². The van der Waals surface area contributed by atoms with E-state index in [9.17, 15) is 14.7 Å². The lowest BCUT2D eigenvalue weighted by molar-refractivity contribution is -0.153. The van der Waals surface area contributed by atoms with Crippen molar-refractivity contribution in [1.82, 2.24) is 4.90 Å². The maximum absolute atomic E-state index is 12.1. The molecule has 0 aliphatic carbocycles. The van der Waals surface area contributed by atoms with Crippen molar-refractivity contribution in [2.24, 2.45) is 0 Å². The lowest BCUT2D eigenvalue weighted by Crippen LogP contribution is -2.50. The van der Waals surface area contributed by atoms with E-state index in [1.807, 2.05) is 30.3 Å². The van der Waals surface area contributed by atoms with Crippen LogP contribution in [0.2, 0.25) is 0 Å². The van der Waals surface area contributed by atoms with E-state index in [1.54, 1.807) is 13.0 Å². The quantitative estimate of drug-likeness (QED) is 0.846. The van der Waals surface area contributed by atoms with Gasteiger partial charge in [-0.1, -0.05) is 30.3 Å². The zero-order valence-electron chi connectivity index (χ0n) is 10.9. The van der Waals surface area contributed by atoms with E-state index in [4.69, 9.17) is 0 Å². The molecule has 0 saturated carbocycles. The number of carbonyl (C=O) groups excluding carboxylic acids is 1. The molecule has 4 nitrogen and oxygen atoms in total. The Bertz CT molecular complexity index is 509. The van der Waals surface area contributed by atoms with Crippen LogP contribution in [0, 0.1) is 0 Å². The van der Waals surface area contributed by atoms with Gasteiger partial charge in [0.15, 0.2) is 0 Å². The number of amides is 1. The first-order chi connectivity index (χ1) is 9.04. The second-order valence-electron chi connectivity index (χ2n) is 4.92. The fraction of sp³-hybridized carbons (Fsp3) is 0.333. The minimum absolute atomic E-state index is 0.244. The molecule has 1 N–H and O–H groups in total. The zero-order valence-corrected chi connectivity index (χ0v) is 10.9. The van der Waals surface area contributed by atoms with Crippen molar-refractivity contribution >= 4 is 18.0 Å². The van der Waals surface area contributed by atoms with Crippen LogP contribution >= 0.6 is 0 Å². The van der Waals surface area contributed by atoms with Crippen LogP contribution in [0.15, 0.2) is 36.4 Å². The SMILES string of the molecule is CC1(C(=O)O)CCCN1C(=O)C=Cc1ccccc1. The minimum Gasteiger partial charge on any atom is -0.480 e. The Labute approximate surface area is 112 Å². The molecule has 1 aromatic carbocycles. The van der Waals surface area contributed by atoms with Crippen molar-refractivity contribution in [2.45, 2.75) is 25.3 Å². The Morgan fingerprint density at radius 2 is 2.00 bits per heavy atom. The van der Waals surface area contributed by atoms with Crippen molar-refractivity contribution in [3.8, 4) is 0 Å². The predicted octanol–water partition coefficient (Wildman–Crippen LogP) is 2.17. The maximum atomic E-state index is 12.1. The van der Waals surface area contributed by atoms with Crippen LogP contribution < -0.4 is 0 Å². The first-order valence-corrected chi connectivity index (χ1v) is 6.32. The summed E-state index contributed by atoms with van der Waals surface area (Å²) in [5.41, 5.74) is -0.148. The standard InChI is InChI=1S/C15H17NO3/c1-15(14(18)19)10-5-11-16(15)13(17)9-8-12-6-3-2-4-7-12/h2-4,6-9H,5,10-11H2,1H3,(H,18,19). The molecule has 1 aromatic rings. The van der Waals surface area contributed by atoms with Gasteiger partial charge in [-0.2, -0.15) is 0 Å². The average molecular weight is 259 g/mol. The van der Waals surface area contributed by atoms with E-state index in [0.717, 1.165) is 12.0 Å². The average Bonchev–Trinajstić information content (AvgIpc) is 2.81. The number of likely N-dealkylation sites (tertiary alicyclic amines) is 1. The zero-order chi connectivity index (χ0) is 13.9. The largest absolute Gasteiger partial charge is 0.480 e. The molecule has 19 heavy (non-hydrogen) atoms. The number of aliphatic carboxylic acids is 1. The summed E-state index contributed by atoms with van der Waals surface area (Å²) in [7, 11) is 0. The summed E-state index contributed by atoms with van der Waals surface area (Å²) in [5.74, 6) is -1.18. The van der Waals surface area contributed by atoms with Gasteiger partial charge in [-0.25, -0.2) is 4.79 Å². The number of benzene rings is 1. The maximum Gasteiger partial charge on any atom is 0.329 e. The molecule has 1 aliphatic rings. The van der Waals surface area contributed by atoms with E-state index in [1.165, 1.54) is 11.0 Å². The molecule has 4 heteroatoms. The van der Waals surface area contributed by atoms with Crippen molar-refractivity contribution in [3.63, 3.8) is 0 Å². The normalized spacial score (nSPS) is 22.9. The predicted molar refractivity (Wildman–Crippen MR) is 72.5 cm³/mol. The van der Waals surface area contributed by atoms with Gasteiger partial charge in [0, 0.05) is 12.6 Å². The number of hydrogen-bond acceptors (Lipinski definition) is 2. The topological polar surface area (TPSA) is 57.6 Å². The summed E-state index contributed by atoms with van der Waals surface area (Å²) in [4.78, 5) is 24.8. The first-order valence-electron chi connectivity index (χ1n) is 6.32. The van der Waals surface area contributed by atoms with Gasteiger partial charge < -0.3 is 10.0 Å². The van der Waals surface area contributed by atoms with E-state index >= 15 is 0 Å². The summed E-state index contributed by atoms with van der Waals surface area (Å²) in [6, 6.07) is 9.47. The highest BCUT2D eigenvalue weighted by atomic mass is 16.4. The summed E-state index contributed by atoms with van der Waals surface area (Å²) in [6.07, 6.45) is 4.39. The molecule has 1 aliphatic heterocycles. The molecule has 1 unspecified atom stereocenters. The first kappa shape index (κ1) is 13.3. The van der Waals surface area contributed by atoms with Gasteiger partial charge in [0.25, 0.3) is 0 Å². The highest BCUT2D eigenvalue weighted by molar-refractivity contribution is 5.96. The third kappa shape index (κ3) is 2.67. The second kappa shape index (κ2) is 5.26. The second-order valence-corrected chi connectivity index (χ2v) is 4.92. The van der Waals surface area contributed by atoms with Crippen LogP contribution in [0.5, 0.6) is 0 Å². The molecule has 0 radical (unpaired) electrons. The number of rotatable bonds is 3. The third-order valence-corrected chi connectivity index (χ3v) is 3.59. The van der Waals surface area contributed by atoms with Gasteiger partial charge in [-0.05, 0) is 31.4 Å². The molecule has 0 bridgehead atoms. The fourth-order valence-corrected chi connectivity index (χ4v) is 2.36. The Morgan fingerprint density at radius 3 is 2.63 bits per heavy atom. The molecule has 1 fully saturated rings. The smallest absolute Gasteiger partial charge is 0.329 e. The third-order valence-electron chi connectivity index (χ3n) is 3.59. The molecular weight excluding hydrogens is 242 g/mol. The molecule has 1 atom stereocenters. The van der Waals surface area contributed by atoms with Gasteiger partial charge >= 0.3 is 5.97 Å². The van der Waals surface area contributed by atoms with Gasteiger partial charge in [0.2, 0.25) is 5.91 Å². The number of hydrogen-bond donors (Lipinski definition) is 1. The van der Waals surface area contributed by atoms with Crippen LogP contribution in [0.1, 0.15) is 25.3 Å². The van der Waals surface area contributed by atoms with Crippen LogP contribution in [0.3, 0.4) is 0 Å². The van der Waals surface area contributed by atoms with Crippen LogP contribution in [-0.4, -0.2) is 34.0 Å². The molecule has 2 rings (SSSR count). The summed E-state index contributed by atoms with van der Waals surface area (Å²) in [6.45, 7) is 2.11. The van der Waals surface area contributed by atoms with Gasteiger partial charge in [0.05, 0.1) is 0 Å².